The minimum Gasteiger partial charge on any atom is -0.237 e. The smallest absolute Gasteiger partial charge is 0.103 e. The second kappa shape index (κ2) is 9.67. The minimum absolute atomic E-state index is 0.406. The molecule has 0 spiro atoms. The molecule has 0 aliphatic heterocycles. The minimum atomic E-state index is 0.406. The molecule has 0 radical (unpaired) electrons. The molecule has 0 N–H and O–H groups in total. The average Bonchev–Trinajstić information content (AvgIpc) is 2.13. The molecular weight excluding hydrogens is 172 g/mol. The molecule has 0 heterocycles. The highest BCUT2D eigenvalue weighted by molar-refractivity contribution is 4.93. The maximum atomic E-state index is 4.81. The van der Waals surface area contributed by atoms with Crippen molar-refractivity contribution < 1.29 is 19.6 Å². The Hall–Kier alpha value is -0.420. The fraction of sp³-hybridized carbons (Fsp3) is 0.778. The Morgan fingerprint density at radius 1 is 1.00 bits per heavy atom. The van der Waals surface area contributed by atoms with E-state index < -0.39 is 0 Å². The lowest BCUT2D eigenvalue weighted by atomic mass is 10.2. The second-order valence-corrected chi connectivity index (χ2v) is 2.40. The molecule has 4 heteroatoms. The van der Waals surface area contributed by atoms with Gasteiger partial charge in [0.2, 0.25) is 0 Å². The Labute approximate surface area is 79.3 Å². The highest BCUT2D eigenvalue weighted by atomic mass is 17.2. The first kappa shape index (κ1) is 12.6. The molecule has 0 saturated carbocycles. The maximum Gasteiger partial charge on any atom is 0.103 e. The molecule has 78 valence electrons. The molecule has 0 rings (SSSR count). The summed E-state index contributed by atoms with van der Waals surface area (Å²) in [6, 6.07) is 0. The zero-order valence-electron chi connectivity index (χ0n) is 8.38. The van der Waals surface area contributed by atoms with Crippen LogP contribution >= 0.6 is 0 Å². The SMILES string of the molecule is C=C(CCOOCC)COOCC. The molecule has 0 aliphatic rings. The lowest BCUT2D eigenvalue weighted by Crippen LogP contribution is -2.03. The summed E-state index contributed by atoms with van der Waals surface area (Å²) in [5.74, 6) is 0. The van der Waals surface area contributed by atoms with Gasteiger partial charge in [0.15, 0.2) is 0 Å². The normalized spacial score (nSPS) is 10.3. The average molecular weight is 190 g/mol. The van der Waals surface area contributed by atoms with Crippen molar-refractivity contribution >= 4 is 0 Å². The molecule has 0 atom stereocenters. The van der Waals surface area contributed by atoms with Crippen LogP contribution in [0.2, 0.25) is 0 Å². The fourth-order valence-corrected chi connectivity index (χ4v) is 0.609. The molecule has 0 amide bonds. The predicted octanol–water partition coefficient (Wildman–Crippen LogP) is 1.87. The Morgan fingerprint density at radius 3 is 2.23 bits per heavy atom. The van der Waals surface area contributed by atoms with Crippen LogP contribution in [0.4, 0.5) is 0 Å². The van der Waals surface area contributed by atoms with Gasteiger partial charge in [0.05, 0.1) is 19.8 Å². The quantitative estimate of drug-likeness (QED) is 0.241. The summed E-state index contributed by atoms with van der Waals surface area (Å²) in [6.45, 7) is 9.52. The lowest BCUT2D eigenvalue weighted by Gasteiger charge is -2.05. The van der Waals surface area contributed by atoms with Gasteiger partial charge in [0, 0.05) is 0 Å². The van der Waals surface area contributed by atoms with Crippen molar-refractivity contribution in [1.82, 2.24) is 0 Å². The Morgan fingerprint density at radius 2 is 1.62 bits per heavy atom. The van der Waals surface area contributed by atoms with Gasteiger partial charge in [0.1, 0.15) is 6.61 Å². The number of hydrogen-bond donors (Lipinski definition) is 0. The number of rotatable bonds is 9. The van der Waals surface area contributed by atoms with Crippen molar-refractivity contribution in [3.63, 3.8) is 0 Å². The summed E-state index contributed by atoms with van der Waals surface area (Å²) < 4.78 is 0. The third-order valence-electron chi connectivity index (χ3n) is 1.20. The molecule has 13 heavy (non-hydrogen) atoms. The van der Waals surface area contributed by atoms with E-state index in [4.69, 9.17) is 19.6 Å². The van der Waals surface area contributed by atoms with Crippen molar-refractivity contribution in [2.75, 3.05) is 26.4 Å². The molecule has 0 unspecified atom stereocenters. The van der Waals surface area contributed by atoms with Gasteiger partial charge in [-0.15, -0.1) is 0 Å². The molecule has 0 aromatic carbocycles. The van der Waals surface area contributed by atoms with E-state index in [9.17, 15) is 0 Å². The van der Waals surface area contributed by atoms with Crippen LogP contribution in [-0.2, 0) is 19.6 Å². The molecule has 4 nitrogen and oxygen atoms in total. The van der Waals surface area contributed by atoms with E-state index in [0.29, 0.717) is 32.8 Å². The predicted molar refractivity (Wildman–Crippen MR) is 48.9 cm³/mol. The van der Waals surface area contributed by atoms with E-state index in [1.54, 1.807) is 0 Å². The first-order valence-electron chi connectivity index (χ1n) is 4.46. The standard InChI is InChI=1S/C9H18O4/c1-4-10-12-7-6-9(3)8-13-11-5-2/h3-8H2,1-2H3. The van der Waals surface area contributed by atoms with Crippen molar-refractivity contribution in [2.45, 2.75) is 20.3 Å². The highest BCUT2D eigenvalue weighted by Crippen LogP contribution is 1.99. The summed E-state index contributed by atoms with van der Waals surface area (Å²) in [5.41, 5.74) is 0.924. The van der Waals surface area contributed by atoms with E-state index in [-0.39, 0.29) is 0 Å². The summed E-state index contributed by atoms with van der Waals surface area (Å²) in [5, 5.41) is 0. The van der Waals surface area contributed by atoms with Gasteiger partial charge in [-0.1, -0.05) is 6.58 Å². The monoisotopic (exact) mass is 190 g/mol. The lowest BCUT2D eigenvalue weighted by molar-refractivity contribution is -0.294. The van der Waals surface area contributed by atoms with Crippen LogP contribution in [0.25, 0.3) is 0 Å². The fourth-order valence-electron chi connectivity index (χ4n) is 0.609. The highest BCUT2D eigenvalue weighted by Gasteiger charge is 1.95. The van der Waals surface area contributed by atoms with E-state index in [2.05, 4.69) is 6.58 Å². The van der Waals surface area contributed by atoms with Crippen LogP contribution < -0.4 is 0 Å². The van der Waals surface area contributed by atoms with E-state index in [1.807, 2.05) is 13.8 Å². The zero-order valence-corrected chi connectivity index (χ0v) is 8.38. The van der Waals surface area contributed by atoms with Crippen LogP contribution in [-0.4, -0.2) is 26.4 Å². The van der Waals surface area contributed by atoms with E-state index >= 15 is 0 Å². The van der Waals surface area contributed by atoms with Gasteiger partial charge < -0.3 is 0 Å². The van der Waals surface area contributed by atoms with Gasteiger partial charge in [-0.05, 0) is 25.8 Å². The summed E-state index contributed by atoms with van der Waals surface area (Å²) in [7, 11) is 0. The van der Waals surface area contributed by atoms with Crippen LogP contribution in [0.3, 0.4) is 0 Å². The molecule has 0 bridgehead atoms. The second-order valence-electron chi connectivity index (χ2n) is 2.40. The van der Waals surface area contributed by atoms with Crippen LogP contribution in [0, 0.1) is 0 Å². The summed E-state index contributed by atoms with van der Waals surface area (Å²) >= 11 is 0. The van der Waals surface area contributed by atoms with E-state index in [0.717, 1.165) is 5.57 Å². The molecule has 0 aromatic heterocycles. The number of hydrogen-bond acceptors (Lipinski definition) is 4. The summed E-state index contributed by atoms with van der Waals surface area (Å²) in [4.78, 5) is 19.0. The Balaban J connectivity index is 3.11. The van der Waals surface area contributed by atoms with Crippen molar-refractivity contribution in [3.8, 4) is 0 Å². The molecule has 0 saturated heterocycles. The molecule has 0 fully saturated rings. The van der Waals surface area contributed by atoms with Crippen LogP contribution in [0.1, 0.15) is 20.3 Å². The van der Waals surface area contributed by atoms with E-state index in [1.165, 1.54) is 0 Å². The summed E-state index contributed by atoms with van der Waals surface area (Å²) in [6.07, 6.45) is 0.715. The Bertz CT molecular complexity index is 125. The van der Waals surface area contributed by atoms with Gasteiger partial charge >= 0.3 is 0 Å². The maximum absolute atomic E-state index is 4.81. The van der Waals surface area contributed by atoms with Crippen LogP contribution in [0.5, 0.6) is 0 Å². The first-order valence-corrected chi connectivity index (χ1v) is 4.46. The molecule has 0 aromatic rings. The Kier molecular flexibility index (Phi) is 9.35. The van der Waals surface area contributed by atoms with Gasteiger partial charge in [-0.25, -0.2) is 19.6 Å². The third kappa shape index (κ3) is 9.49. The zero-order chi connectivity index (χ0) is 9.94. The third-order valence-corrected chi connectivity index (χ3v) is 1.20. The van der Waals surface area contributed by atoms with Gasteiger partial charge in [0.25, 0.3) is 0 Å². The first-order chi connectivity index (χ1) is 6.31. The van der Waals surface area contributed by atoms with Crippen LogP contribution in [0.15, 0.2) is 12.2 Å². The molecular formula is C9H18O4. The topological polar surface area (TPSA) is 36.9 Å². The molecule has 0 aliphatic carbocycles. The van der Waals surface area contributed by atoms with Crippen molar-refractivity contribution in [2.24, 2.45) is 0 Å². The van der Waals surface area contributed by atoms with Gasteiger partial charge in [-0.2, -0.15) is 0 Å². The van der Waals surface area contributed by atoms with Crippen molar-refractivity contribution in [1.29, 1.82) is 0 Å². The van der Waals surface area contributed by atoms with Crippen molar-refractivity contribution in [3.05, 3.63) is 12.2 Å². The van der Waals surface area contributed by atoms with Gasteiger partial charge in [-0.3, -0.25) is 0 Å². The largest absolute Gasteiger partial charge is 0.237 e.